The Labute approximate surface area is 167 Å². The molecule has 0 radical (unpaired) electrons. The van der Waals surface area contributed by atoms with Gasteiger partial charge in [0.15, 0.2) is 0 Å². The molecule has 2 aromatic rings. The fraction of sp³-hybridized carbons (Fsp3) is 0.200. The molecule has 2 aromatic carbocycles. The van der Waals surface area contributed by atoms with Crippen LogP contribution in [0.3, 0.4) is 0 Å². The van der Waals surface area contributed by atoms with Gasteiger partial charge in [0.2, 0.25) is 5.91 Å². The Morgan fingerprint density at radius 2 is 1.72 bits per heavy atom. The van der Waals surface area contributed by atoms with Gasteiger partial charge in [-0.2, -0.15) is 0 Å². The molecule has 7 N–H and O–H groups in total. The highest BCUT2D eigenvalue weighted by molar-refractivity contribution is 6.00. The number of amides is 3. The highest BCUT2D eigenvalue weighted by atomic mass is 16.4. The smallest absolute Gasteiger partial charge is 0.323 e. The van der Waals surface area contributed by atoms with Gasteiger partial charge >= 0.3 is 12.0 Å². The summed E-state index contributed by atoms with van der Waals surface area (Å²) in [7, 11) is 0. The molecule has 0 aliphatic rings. The van der Waals surface area contributed by atoms with Crippen LogP contribution < -0.4 is 21.7 Å². The van der Waals surface area contributed by atoms with Gasteiger partial charge in [0.1, 0.15) is 5.84 Å². The van der Waals surface area contributed by atoms with Gasteiger partial charge in [-0.1, -0.05) is 12.1 Å². The van der Waals surface area contributed by atoms with Crippen LogP contribution in [-0.4, -0.2) is 35.4 Å². The Bertz CT molecular complexity index is 911. The molecule has 0 heterocycles. The molecule has 9 nitrogen and oxygen atoms in total. The maximum Gasteiger partial charge on any atom is 0.323 e. The maximum absolute atomic E-state index is 12.2. The second kappa shape index (κ2) is 9.88. The van der Waals surface area contributed by atoms with Crippen molar-refractivity contribution in [3.63, 3.8) is 0 Å². The van der Waals surface area contributed by atoms with Crippen LogP contribution >= 0.6 is 0 Å². The molecule has 3 amide bonds. The third kappa shape index (κ3) is 6.65. The third-order valence-corrected chi connectivity index (χ3v) is 4.13. The lowest BCUT2D eigenvalue weighted by Gasteiger charge is -2.14. The summed E-state index contributed by atoms with van der Waals surface area (Å²) in [6.45, 7) is 1.76. The number of hydrogen-bond donors (Lipinski definition) is 6. The van der Waals surface area contributed by atoms with E-state index in [1.54, 1.807) is 55.5 Å². The van der Waals surface area contributed by atoms with Crippen LogP contribution in [0, 0.1) is 5.41 Å². The van der Waals surface area contributed by atoms with Gasteiger partial charge < -0.3 is 26.8 Å². The van der Waals surface area contributed by atoms with E-state index in [4.69, 9.17) is 16.2 Å². The van der Waals surface area contributed by atoms with Gasteiger partial charge in [0.25, 0.3) is 0 Å². The molecule has 29 heavy (non-hydrogen) atoms. The highest BCUT2D eigenvalue weighted by Crippen LogP contribution is 2.20. The Morgan fingerprint density at radius 1 is 1.07 bits per heavy atom. The third-order valence-electron chi connectivity index (χ3n) is 4.13. The fourth-order valence-electron chi connectivity index (χ4n) is 2.51. The van der Waals surface area contributed by atoms with E-state index in [0.717, 1.165) is 0 Å². The lowest BCUT2D eigenvalue weighted by Crippen LogP contribution is -2.30. The number of rotatable bonds is 8. The number of carbonyl (C=O) groups excluding carboxylic acids is 2. The molecule has 0 spiro atoms. The van der Waals surface area contributed by atoms with E-state index >= 15 is 0 Å². The van der Waals surface area contributed by atoms with Crippen molar-refractivity contribution in [1.29, 1.82) is 5.41 Å². The number of urea groups is 1. The van der Waals surface area contributed by atoms with E-state index in [1.807, 2.05) is 0 Å². The summed E-state index contributed by atoms with van der Waals surface area (Å²) >= 11 is 0. The second-order valence-electron chi connectivity index (χ2n) is 6.35. The van der Waals surface area contributed by atoms with Gasteiger partial charge in [0, 0.05) is 23.5 Å². The van der Waals surface area contributed by atoms with Gasteiger partial charge in [0.05, 0.1) is 12.3 Å². The van der Waals surface area contributed by atoms with E-state index in [0.29, 0.717) is 22.5 Å². The molecular formula is C20H23N5O4. The fourth-order valence-corrected chi connectivity index (χ4v) is 2.51. The van der Waals surface area contributed by atoms with Crippen LogP contribution in [0.25, 0.3) is 0 Å². The van der Waals surface area contributed by atoms with Crippen molar-refractivity contribution >= 4 is 35.1 Å². The molecule has 2 rings (SSSR count). The van der Waals surface area contributed by atoms with Crippen LogP contribution in [0.1, 0.15) is 30.4 Å². The van der Waals surface area contributed by atoms with Crippen LogP contribution in [0.4, 0.5) is 16.2 Å². The SMILES string of the molecule is CC(C(=O)NCCC(=O)O)c1cccc(NC(=O)Nc2ccc(C(=N)N)cc2)c1. The Hall–Kier alpha value is -3.88. The number of anilines is 2. The number of nitrogen functional groups attached to an aromatic ring is 1. The minimum Gasteiger partial charge on any atom is -0.481 e. The molecule has 1 atom stereocenters. The number of carbonyl (C=O) groups is 3. The van der Waals surface area contributed by atoms with Crippen molar-refractivity contribution in [2.75, 3.05) is 17.2 Å². The predicted molar refractivity (Wildman–Crippen MR) is 110 cm³/mol. The number of amidine groups is 1. The van der Waals surface area contributed by atoms with Crippen molar-refractivity contribution in [3.8, 4) is 0 Å². The number of carboxylic acid groups (broad SMARTS) is 1. The summed E-state index contributed by atoms with van der Waals surface area (Å²) in [6.07, 6.45) is -0.145. The first-order valence-electron chi connectivity index (χ1n) is 8.88. The summed E-state index contributed by atoms with van der Waals surface area (Å²) < 4.78 is 0. The Balaban J connectivity index is 1.95. The van der Waals surface area contributed by atoms with Gasteiger partial charge in [-0.25, -0.2) is 4.79 Å². The zero-order valence-corrected chi connectivity index (χ0v) is 15.9. The average Bonchev–Trinajstić information content (AvgIpc) is 2.67. The number of carboxylic acids is 1. The van der Waals surface area contributed by atoms with Crippen molar-refractivity contribution in [1.82, 2.24) is 5.32 Å². The molecular weight excluding hydrogens is 374 g/mol. The lowest BCUT2D eigenvalue weighted by atomic mass is 10.00. The van der Waals surface area contributed by atoms with Crippen LogP contribution in [0.2, 0.25) is 0 Å². The zero-order valence-electron chi connectivity index (χ0n) is 15.9. The van der Waals surface area contributed by atoms with Crippen molar-refractivity contribution in [2.24, 2.45) is 5.73 Å². The number of benzene rings is 2. The predicted octanol–water partition coefficient (Wildman–Crippen LogP) is 2.31. The quantitative estimate of drug-likeness (QED) is 0.297. The Morgan fingerprint density at radius 3 is 2.34 bits per heavy atom. The molecule has 152 valence electrons. The van der Waals surface area contributed by atoms with E-state index in [1.165, 1.54) is 0 Å². The topological polar surface area (TPSA) is 157 Å². The Kier molecular flexibility index (Phi) is 7.30. The van der Waals surface area contributed by atoms with E-state index in [9.17, 15) is 14.4 Å². The maximum atomic E-state index is 12.2. The summed E-state index contributed by atoms with van der Waals surface area (Å²) in [5.41, 5.74) is 7.67. The molecule has 0 saturated carbocycles. The number of hydrogen-bond acceptors (Lipinski definition) is 4. The van der Waals surface area contributed by atoms with Crippen LogP contribution in [-0.2, 0) is 9.59 Å². The van der Waals surface area contributed by atoms with Crippen molar-refractivity contribution in [3.05, 3.63) is 59.7 Å². The van der Waals surface area contributed by atoms with Gasteiger partial charge in [-0.05, 0) is 48.9 Å². The first kappa shape index (κ1) is 21.4. The monoisotopic (exact) mass is 397 g/mol. The summed E-state index contributed by atoms with van der Waals surface area (Å²) in [6, 6.07) is 12.9. The van der Waals surface area contributed by atoms with E-state index in [2.05, 4.69) is 16.0 Å². The molecule has 9 heteroatoms. The normalized spacial score (nSPS) is 11.2. The molecule has 0 aliphatic heterocycles. The standard InChI is InChI=1S/C20H23N5O4/c1-12(19(28)23-10-9-17(26)27)14-3-2-4-16(11-14)25-20(29)24-15-7-5-13(6-8-15)18(21)22/h2-8,11-12H,9-10H2,1H3,(H3,21,22)(H,23,28)(H,26,27)(H2,24,25,29). The largest absolute Gasteiger partial charge is 0.481 e. The van der Waals surface area contributed by atoms with Crippen molar-refractivity contribution < 1.29 is 19.5 Å². The van der Waals surface area contributed by atoms with Crippen LogP contribution in [0.15, 0.2) is 48.5 Å². The minimum absolute atomic E-state index is 0.0565. The van der Waals surface area contributed by atoms with Crippen molar-refractivity contribution in [2.45, 2.75) is 19.3 Å². The summed E-state index contributed by atoms with van der Waals surface area (Å²) in [4.78, 5) is 34.9. The van der Waals surface area contributed by atoms with E-state index < -0.39 is 17.9 Å². The average molecular weight is 397 g/mol. The molecule has 0 aliphatic carbocycles. The molecule has 1 unspecified atom stereocenters. The number of aliphatic carboxylic acids is 1. The first-order chi connectivity index (χ1) is 13.8. The second-order valence-corrected chi connectivity index (χ2v) is 6.35. The minimum atomic E-state index is -0.980. The zero-order chi connectivity index (χ0) is 21.4. The molecule has 0 saturated heterocycles. The summed E-state index contributed by atoms with van der Waals surface area (Å²) in [5, 5.41) is 23.9. The molecule has 0 fully saturated rings. The molecule has 0 aromatic heterocycles. The highest BCUT2D eigenvalue weighted by Gasteiger charge is 2.16. The number of nitrogens with two attached hydrogens (primary N) is 1. The van der Waals surface area contributed by atoms with Crippen LogP contribution in [0.5, 0.6) is 0 Å². The van der Waals surface area contributed by atoms with E-state index in [-0.39, 0.29) is 24.7 Å². The first-order valence-corrected chi connectivity index (χ1v) is 8.88. The number of nitrogens with one attached hydrogen (secondary N) is 4. The molecule has 0 bridgehead atoms. The van der Waals surface area contributed by atoms with Gasteiger partial charge in [-0.3, -0.25) is 15.0 Å². The van der Waals surface area contributed by atoms with Gasteiger partial charge in [-0.15, -0.1) is 0 Å². The lowest BCUT2D eigenvalue weighted by molar-refractivity contribution is -0.136. The summed E-state index contributed by atoms with van der Waals surface area (Å²) in [5.74, 6) is -1.84.